The number of halogens is 1. The lowest BCUT2D eigenvalue weighted by Gasteiger charge is -2.28. The van der Waals surface area contributed by atoms with Crippen LogP contribution in [0.3, 0.4) is 0 Å². The molecule has 10 heteroatoms. The third kappa shape index (κ3) is 4.81. The average Bonchev–Trinajstić information content (AvgIpc) is 3.45. The van der Waals surface area contributed by atoms with Crippen LogP contribution in [-0.4, -0.2) is 74.7 Å². The van der Waals surface area contributed by atoms with Crippen molar-refractivity contribution >= 4 is 46.1 Å². The van der Waals surface area contributed by atoms with E-state index < -0.39 is 0 Å². The first-order valence-electron chi connectivity index (χ1n) is 10.1. The molecule has 7 nitrogen and oxygen atoms in total. The quantitative estimate of drug-likeness (QED) is 0.683. The molecular formula is C21H26ClN3O4S2. The standard InChI is InChI=1S/C21H26ClN3O4S2/c1-24-9-15(29-3)14-7-17(30-18(14)10-24)21(27)25-8-12(6-13(25)11-28-2)23-20(26)16-4-5-19(22)31-16/h4-5,7,12-13,15H,6,8-11H2,1-3H3,(H,23,26). The van der Waals surface area contributed by atoms with Crippen LogP contribution in [0.15, 0.2) is 18.2 Å². The van der Waals surface area contributed by atoms with Gasteiger partial charge in [0.05, 0.1) is 32.8 Å². The number of carbonyl (C=O) groups excluding carboxylic acids is 2. The number of fused-ring (bicyclic) bond motifs is 1. The van der Waals surface area contributed by atoms with Gasteiger partial charge in [0.1, 0.15) is 0 Å². The Morgan fingerprint density at radius 3 is 2.71 bits per heavy atom. The summed E-state index contributed by atoms with van der Waals surface area (Å²) in [6.07, 6.45) is 0.628. The van der Waals surface area contributed by atoms with Gasteiger partial charge in [-0.15, -0.1) is 22.7 Å². The number of amides is 2. The van der Waals surface area contributed by atoms with Crippen LogP contribution in [0.2, 0.25) is 4.34 Å². The van der Waals surface area contributed by atoms with Crippen molar-refractivity contribution < 1.29 is 19.1 Å². The summed E-state index contributed by atoms with van der Waals surface area (Å²) in [4.78, 5) is 32.5. The molecule has 1 fully saturated rings. The molecule has 1 N–H and O–H groups in total. The van der Waals surface area contributed by atoms with Crippen LogP contribution in [0.1, 0.15) is 42.3 Å². The molecule has 0 bridgehead atoms. The Kier molecular flexibility index (Phi) is 7.00. The highest BCUT2D eigenvalue weighted by atomic mass is 35.5. The van der Waals surface area contributed by atoms with Crippen LogP contribution in [0.4, 0.5) is 0 Å². The smallest absolute Gasteiger partial charge is 0.264 e. The van der Waals surface area contributed by atoms with E-state index in [0.29, 0.717) is 33.7 Å². The molecule has 2 aliphatic heterocycles. The fraction of sp³-hybridized carbons (Fsp3) is 0.524. The van der Waals surface area contributed by atoms with Crippen LogP contribution in [0, 0.1) is 0 Å². The SMILES string of the molecule is COCC1CC(NC(=O)c2ccc(Cl)s2)CN1C(=O)c1cc2c(s1)CN(C)CC2OC. The second-order valence-corrected chi connectivity index (χ2v) is 10.8. The molecule has 2 aromatic rings. The van der Waals surface area contributed by atoms with E-state index in [9.17, 15) is 9.59 Å². The molecule has 3 atom stereocenters. The minimum absolute atomic E-state index is 0.0186. The molecule has 2 aromatic heterocycles. The van der Waals surface area contributed by atoms with E-state index in [1.54, 1.807) is 26.4 Å². The van der Waals surface area contributed by atoms with Gasteiger partial charge in [0, 0.05) is 44.8 Å². The molecule has 4 rings (SSSR count). The summed E-state index contributed by atoms with van der Waals surface area (Å²) in [5.74, 6) is -0.181. The van der Waals surface area contributed by atoms with Crippen molar-refractivity contribution in [1.29, 1.82) is 0 Å². The van der Waals surface area contributed by atoms with Gasteiger partial charge in [-0.05, 0) is 37.2 Å². The number of ether oxygens (including phenoxy) is 2. The highest BCUT2D eigenvalue weighted by Gasteiger charge is 2.38. The first kappa shape index (κ1) is 22.7. The normalized spacial score (nSPS) is 23.7. The molecule has 3 unspecified atom stereocenters. The fourth-order valence-corrected chi connectivity index (χ4v) is 6.49. The monoisotopic (exact) mass is 483 g/mol. The molecule has 0 aliphatic carbocycles. The number of thiophene rings is 2. The summed E-state index contributed by atoms with van der Waals surface area (Å²) in [5, 5.41) is 3.04. The fourth-order valence-electron chi connectivity index (χ4n) is 4.29. The number of methoxy groups -OCH3 is 2. The van der Waals surface area contributed by atoms with Gasteiger partial charge in [0.15, 0.2) is 0 Å². The largest absolute Gasteiger partial charge is 0.383 e. The number of likely N-dealkylation sites (N-methyl/N-ethyl adjacent to an activating group) is 1. The van der Waals surface area contributed by atoms with E-state index >= 15 is 0 Å². The zero-order chi connectivity index (χ0) is 22.1. The summed E-state index contributed by atoms with van der Waals surface area (Å²) in [5.41, 5.74) is 1.11. The van der Waals surface area contributed by atoms with Crippen molar-refractivity contribution in [3.8, 4) is 0 Å². The van der Waals surface area contributed by atoms with Crippen molar-refractivity contribution in [2.75, 3.05) is 41.0 Å². The molecule has 1 saturated heterocycles. The van der Waals surface area contributed by atoms with Gasteiger partial charge in [-0.25, -0.2) is 0 Å². The highest BCUT2D eigenvalue weighted by molar-refractivity contribution is 7.18. The summed E-state index contributed by atoms with van der Waals surface area (Å²) in [7, 11) is 5.39. The number of hydrogen-bond acceptors (Lipinski definition) is 7. The maximum Gasteiger partial charge on any atom is 0.264 e. The van der Waals surface area contributed by atoms with E-state index in [0.717, 1.165) is 18.7 Å². The van der Waals surface area contributed by atoms with Crippen LogP contribution in [0.25, 0.3) is 0 Å². The topological polar surface area (TPSA) is 71.1 Å². The van der Waals surface area contributed by atoms with E-state index in [4.69, 9.17) is 21.1 Å². The number of rotatable bonds is 6. The van der Waals surface area contributed by atoms with Crippen molar-refractivity contribution in [2.45, 2.75) is 31.2 Å². The Labute approximate surface area is 194 Å². The van der Waals surface area contributed by atoms with Gasteiger partial charge in [-0.3, -0.25) is 14.5 Å². The Bertz CT molecular complexity index is 962. The number of nitrogens with one attached hydrogen (secondary N) is 1. The molecule has 4 heterocycles. The van der Waals surface area contributed by atoms with Gasteiger partial charge < -0.3 is 19.7 Å². The van der Waals surface area contributed by atoms with Gasteiger partial charge >= 0.3 is 0 Å². The predicted octanol–water partition coefficient (Wildman–Crippen LogP) is 3.26. The lowest BCUT2D eigenvalue weighted by molar-refractivity contribution is 0.0587. The molecule has 0 aromatic carbocycles. The lowest BCUT2D eigenvalue weighted by atomic mass is 10.1. The van der Waals surface area contributed by atoms with Crippen LogP contribution in [0.5, 0.6) is 0 Å². The Balaban J connectivity index is 1.49. The molecule has 168 valence electrons. The highest BCUT2D eigenvalue weighted by Crippen LogP contribution is 2.36. The molecule has 2 aliphatic rings. The van der Waals surface area contributed by atoms with E-state index in [-0.39, 0.29) is 30.0 Å². The van der Waals surface area contributed by atoms with E-state index in [1.807, 2.05) is 11.0 Å². The number of carbonyl (C=O) groups is 2. The second-order valence-electron chi connectivity index (χ2n) is 7.99. The van der Waals surface area contributed by atoms with Gasteiger partial charge in [0.2, 0.25) is 0 Å². The van der Waals surface area contributed by atoms with Crippen molar-refractivity contribution in [2.24, 2.45) is 0 Å². The number of nitrogens with zero attached hydrogens (tertiary/aromatic N) is 2. The van der Waals surface area contributed by atoms with Crippen molar-refractivity contribution in [3.05, 3.63) is 42.7 Å². The summed E-state index contributed by atoms with van der Waals surface area (Å²) in [6, 6.07) is 5.18. The van der Waals surface area contributed by atoms with Crippen LogP contribution < -0.4 is 5.32 Å². The lowest BCUT2D eigenvalue weighted by Crippen LogP contribution is -2.40. The van der Waals surface area contributed by atoms with Crippen molar-refractivity contribution in [1.82, 2.24) is 15.1 Å². The maximum absolute atomic E-state index is 13.4. The van der Waals surface area contributed by atoms with Gasteiger partial charge in [-0.2, -0.15) is 0 Å². The number of hydrogen-bond donors (Lipinski definition) is 1. The Morgan fingerprint density at radius 2 is 2.03 bits per heavy atom. The predicted molar refractivity (Wildman–Crippen MR) is 122 cm³/mol. The minimum atomic E-state index is -0.162. The third-order valence-electron chi connectivity index (χ3n) is 5.74. The average molecular weight is 484 g/mol. The zero-order valence-electron chi connectivity index (χ0n) is 17.7. The Morgan fingerprint density at radius 1 is 1.23 bits per heavy atom. The maximum atomic E-state index is 13.4. The Hall–Kier alpha value is -1.49. The summed E-state index contributed by atoms with van der Waals surface area (Å²) < 4.78 is 11.6. The molecule has 0 spiro atoms. The molecule has 0 radical (unpaired) electrons. The van der Waals surface area contributed by atoms with E-state index in [2.05, 4.69) is 17.3 Å². The second kappa shape index (κ2) is 9.56. The summed E-state index contributed by atoms with van der Waals surface area (Å²) >= 11 is 8.73. The van der Waals surface area contributed by atoms with Crippen molar-refractivity contribution in [3.63, 3.8) is 0 Å². The van der Waals surface area contributed by atoms with Gasteiger partial charge in [-0.1, -0.05) is 11.6 Å². The summed E-state index contributed by atoms with van der Waals surface area (Å²) in [6.45, 7) is 2.51. The zero-order valence-corrected chi connectivity index (χ0v) is 20.1. The first-order chi connectivity index (χ1) is 14.9. The molecule has 31 heavy (non-hydrogen) atoms. The molecular weight excluding hydrogens is 458 g/mol. The molecule has 0 saturated carbocycles. The van der Waals surface area contributed by atoms with Crippen LogP contribution in [-0.2, 0) is 16.0 Å². The number of likely N-dealkylation sites (tertiary alicyclic amines) is 1. The first-order valence-corrected chi connectivity index (χ1v) is 12.1. The third-order valence-corrected chi connectivity index (χ3v) is 8.10. The van der Waals surface area contributed by atoms with Gasteiger partial charge in [0.25, 0.3) is 11.8 Å². The van der Waals surface area contributed by atoms with Crippen LogP contribution >= 0.6 is 34.3 Å². The molecule has 2 amide bonds. The van der Waals surface area contributed by atoms with E-state index in [1.165, 1.54) is 27.6 Å². The minimum Gasteiger partial charge on any atom is -0.383 e.